The van der Waals surface area contributed by atoms with Gasteiger partial charge in [0.05, 0.1) is 0 Å². The summed E-state index contributed by atoms with van der Waals surface area (Å²) in [4.78, 5) is 9.67. The zero-order chi connectivity index (χ0) is 6.08. The maximum absolute atomic E-state index is 9.67. The molecule has 40 valence electrons. The minimum Gasteiger partial charge on any atom is -0.479 e. The van der Waals surface area contributed by atoms with E-state index in [0.29, 0.717) is 0 Å². The lowest BCUT2D eigenvalue weighted by atomic mass is 10.7. The summed E-state index contributed by atoms with van der Waals surface area (Å²) in [5, 5.41) is 16.2. The van der Waals surface area contributed by atoms with Gasteiger partial charge in [0.2, 0.25) is 0 Å². The Hall–Kier alpha value is 0.252. The summed E-state index contributed by atoms with van der Waals surface area (Å²) in [6.07, 6.45) is 0. The average Bonchev–Trinajstić information content (AvgIpc) is 1.31. The Labute approximate surface area is 53.3 Å². The molecule has 0 saturated carbocycles. The first-order valence-electron chi connectivity index (χ1n) is 1.59. The topological polar surface area (TPSA) is 57.5 Å². The van der Waals surface area contributed by atoms with Crippen LogP contribution in [-0.4, -0.2) is 36.4 Å². The minimum atomic E-state index is -1.97. The van der Waals surface area contributed by atoms with Crippen LogP contribution in [0.1, 0.15) is 0 Å². The molecule has 1 unspecified atom stereocenters. The summed E-state index contributed by atoms with van der Waals surface area (Å²) >= 11 is 4.92. The maximum atomic E-state index is 9.67. The van der Waals surface area contributed by atoms with Crippen LogP contribution in [0, 0.1) is 0 Å². The van der Waals surface area contributed by atoms with Gasteiger partial charge in [-0.1, -0.05) is 11.6 Å². The van der Waals surface area contributed by atoms with Crippen LogP contribution in [0.15, 0.2) is 0 Å². The quantitative estimate of drug-likeness (QED) is 0.346. The van der Waals surface area contributed by atoms with E-state index in [2.05, 4.69) is 0 Å². The molecule has 0 amide bonds. The van der Waals surface area contributed by atoms with Gasteiger partial charge in [0.15, 0.2) is 3.92 Å². The molecule has 2 N–H and O–H groups in total. The number of hydrogen-bond donors (Lipinski definition) is 2. The molecule has 0 aromatic carbocycles. The number of carbonyl (C=O) groups is 1. The number of alkyl halides is 1. The lowest BCUT2D eigenvalue weighted by molar-refractivity contribution is -0.144. The molecule has 0 aliphatic carbocycles. The highest BCUT2D eigenvalue weighted by atomic mass is 35.5. The monoisotopic (exact) mass is 138 g/mol. The van der Waals surface area contributed by atoms with Crippen molar-refractivity contribution in [3.63, 3.8) is 0 Å². The molecule has 0 radical (unpaired) electrons. The normalized spacial score (nSPS) is 18.0. The second-order valence-electron chi connectivity index (χ2n) is 1.26. The molecule has 0 fully saturated rings. The van der Waals surface area contributed by atoms with E-state index in [1.807, 2.05) is 0 Å². The van der Waals surface area contributed by atoms with E-state index in [9.17, 15) is 4.79 Å². The van der Waals surface area contributed by atoms with Gasteiger partial charge in [-0.2, -0.15) is 0 Å². The van der Waals surface area contributed by atoms with E-state index in [4.69, 9.17) is 21.8 Å². The van der Waals surface area contributed by atoms with Crippen molar-refractivity contribution in [2.24, 2.45) is 0 Å². The molecule has 0 saturated heterocycles. The molecule has 0 aliphatic heterocycles. The van der Waals surface area contributed by atoms with Gasteiger partial charge < -0.3 is 10.2 Å². The molecule has 0 aromatic rings. The van der Waals surface area contributed by atoms with Crippen molar-refractivity contribution in [1.29, 1.82) is 0 Å². The van der Waals surface area contributed by atoms with Gasteiger partial charge in [-0.25, -0.2) is 4.79 Å². The molecular formula is C2H4AlClO3. The van der Waals surface area contributed by atoms with Crippen molar-refractivity contribution in [3.8, 4) is 0 Å². The third-order valence-corrected chi connectivity index (χ3v) is 0.980. The summed E-state index contributed by atoms with van der Waals surface area (Å²) < 4.78 is -1.97. The Balaban J connectivity index is 3.79. The second kappa shape index (κ2) is 2.01. The summed E-state index contributed by atoms with van der Waals surface area (Å²) in [6, 6.07) is 0. The van der Waals surface area contributed by atoms with Gasteiger partial charge >= 0.3 is 22.3 Å². The summed E-state index contributed by atoms with van der Waals surface area (Å²) in [6.45, 7) is 0. The third-order valence-electron chi connectivity index (χ3n) is 0.390. The number of hydrogen-bond acceptors (Lipinski definition) is 2. The first-order valence-corrected chi connectivity index (χ1v) is 2.97. The molecular weight excluding hydrogens is 134 g/mol. The molecule has 0 rings (SSSR count). The number of rotatable bonds is 1. The highest BCUT2D eigenvalue weighted by molar-refractivity contribution is 6.52. The predicted molar refractivity (Wildman–Crippen MR) is 27.0 cm³/mol. The number of aliphatic hydroxyl groups is 1. The van der Waals surface area contributed by atoms with Crippen molar-refractivity contribution in [1.82, 2.24) is 0 Å². The molecule has 0 aliphatic rings. The van der Waals surface area contributed by atoms with E-state index in [1.54, 1.807) is 0 Å². The zero-order valence-electron chi connectivity index (χ0n) is 3.68. The Morgan fingerprint density at radius 3 is 2.00 bits per heavy atom. The fourth-order valence-corrected chi connectivity index (χ4v) is 0. The summed E-state index contributed by atoms with van der Waals surface area (Å²) in [5.74, 6) is -1.37. The van der Waals surface area contributed by atoms with E-state index >= 15 is 0 Å². The number of carboxylic acid groups (broad SMARTS) is 1. The van der Waals surface area contributed by atoms with Crippen LogP contribution in [0.5, 0.6) is 0 Å². The molecule has 5 heteroatoms. The average molecular weight is 138 g/mol. The van der Waals surface area contributed by atoms with Crippen LogP contribution >= 0.6 is 11.6 Å². The standard InChI is InChI=1S/C2H2ClO3.Al.2H/c3-1(4)2(5)6;;;/h4H,(H,5,6);;;. The van der Waals surface area contributed by atoms with Crippen LogP contribution in [0.4, 0.5) is 0 Å². The Bertz CT molecular complexity index is 85.4. The highest BCUT2D eigenvalue weighted by Gasteiger charge is 2.24. The van der Waals surface area contributed by atoms with E-state index in [0.717, 1.165) is 0 Å². The smallest absolute Gasteiger partial charge is 0.333 e. The first kappa shape index (κ1) is 7.25. The van der Waals surface area contributed by atoms with E-state index < -0.39 is 9.89 Å². The Morgan fingerprint density at radius 2 is 2.00 bits per heavy atom. The molecule has 0 bridgehead atoms. The molecule has 0 heterocycles. The molecule has 0 aromatic heterocycles. The molecule has 3 nitrogen and oxygen atoms in total. The predicted octanol–water partition coefficient (Wildman–Crippen LogP) is -1.41. The van der Waals surface area contributed by atoms with Crippen molar-refractivity contribution in [2.45, 2.75) is 3.92 Å². The van der Waals surface area contributed by atoms with Gasteiger partial charge in [0.25, 0.3) is 0 Å². The Morgan fingerprint density at radius 1 is 1.86 bits per heavy atom. The number of aliphatic carboxylic acids is 1. The molecule has 1 atom stereocenters. The van der Waals surface area contributed by atoms with Crippen LogP contribution in [-0.2, 0) is 4.79 Å². The van der Waals surface area contributed by atoms with Crippen molar-refractivity contribution in [3.05, 3.63) is 0 Å². The van der Waals surface area contributed by atoms with Crippen LogP contribution in [0.2, 0.25) is 0 Å². The lowest BCUT2D eigenvalue weighted by Gasteiger charge is -2.05. The van der Waals surface area contributed by atoms with Gasteiger partial charge in [0, 0.05) is 0 Å². The third kappa shape index (κ3) is 2.89. The van der Waals surface area contributed by atoms with Crippen molar-refractivity contribution in [2.75, 3.05) is 0 Å². The molecule has 7 heavy (non-hydrogen) atoms. The van der Waals surface area contributed by atoms with E-state index in [1.165, 1.54) is 0 Å². The van der Waals surface area contributed by atoms with Gasteiger partial charge in [0.1, 0.15) is 0 Å². The lowest BCUT2D eigenvalue weighted by Crippen LogP contribution is -2.31. The van der Waals surface area contributed by atoms with Gasteiger partial charge in [-0.15, -0.1) is 0 Å². The minimum absolute atomic E-state index is 0.0340. The fraction of sp³-hybridized carbons (Fsp3) is 0.500. The SMILES string of the molecule is O=C(O)[C](O)([AlH2])Cl. The summed E-state index contributed by atoms with van der Waals surface area (Å²) in [5.41, 5.74) is 0. The first-order chi connectivity index (χ1) is 2.94. The van der Waals surface area contributed by atoms with Crippen LogP contribution in [0.25, 0.3) is 0 Å². The maximum Gasteiger partial charge on any atom is 0.333 e. The zero-order valence-corrected chi connectivity index (χ0v) is 6.44. The second-order valence-corrected chi connectivity index (χ2v) is 4.08. The molecule has 0 spiro atoms. The number of halogens is 1. The van der Waals surface area contributed by atoms with Crippen LogP contribution in [0.3, 0.4) is 0 Å². The Kier molecular flexibility index (Phi) is 2.09. The van der Waals surface area contributed by atoms with Gasteiger partial charge in [-0.05, 0) is 0 Å². The van der Waals surface area contributed by atoms with Crippen LogP contribution < -0.4 is 0 Å². The van der Waals surface area contributed by atoms with Crippen molar-refractivity contribution >= 4 is 33.9 Å². The van der Waals surface area contributed by atoms with Crippen molar-refractivity contribution < 1.29 is 15.0 Å². The van der Waals surface area contributed by atoms with E-state index in [-0.39, 0.29) is 16.3 Å². The fourth-order valence-electron chi connectivity index (χ4n) is 0. The highest BCUT2D eigenvalue weighted by Crippen LogP contribution is 2.02. The summed E-state index contributed by atoms with van der Waals surface area (Å²) in [7, 11) is 0. The largest absolute Gasteiger partial charge is 0.479 e. The van der Waals surface area contributed by atoms with Gasteiger partial charge in [-0.3, -0.25) is 0 Å². The number of carboxylic acids is 1.